The van der Waals surface area contributed by atoms with Gasteiger partial charge in [0.25, 0.3) is 0 Å². The molecule has 3 nitrogen and oxygen atoms in total. The van der Waals surface area contributed by atoms with Crippen LogP contribution in [0.5, 0.6) is 0 Å². The van der Waals surface area contributed by atoms with E-state index in [0.717, 1.165) is 29.0 Å². The van der Waals surface area contributed by atoms with Crippen LogP contribution in [-0.2, 0) is 19.6 Å². The first-order chi connectivity index (χ1) is 9.08. The van der Waals surface area contributed by atoms with Gasteiger partial charge in [-0.3, -0.25) is 4.90 Å². The van der Waals surface area contributed by atoms with E-state index in [9.17, 15) is 4.39 Å². The van der Waals surface area contributed by atoms with Crippen molar-refractivity contribution in [2.45, 2.75) is 26.6 Å². The van der Waals surface area contributed by atoms with Crippen molar-refractivity contribution < 1.29 is 8.81 Å². The molecule has 2 aromatic rings. The summed E-state index contributed by atoms with van der Waals surface area (Å²) < 4.78 is 18.7. The Kier molecular flexibility index (Phi) is 4.35. The molecule has 0 bridgehead atoms. The first-order valence-electron chi connectivity index (χ1n) is 6.28. The van der Waals surface area contributed by atoms with E-state index in [4.69, 9.17) is 10.2 Å². The fourth-order valence-corrected chi connectivity index (χ4v) is 2.16. The van der Waals surface area contributed by atoms with Gasteiger partial charge in [-0.1, -0.05) is 6.07 Å². The second-order valence-electron chi connectivity index (χ2n) is 4.85. The van der Waals surface area contributed by atoms with Crippen molar-refractivity contribution in [3.63, 3.8) is 0 Å². The highest BCUT2D eigenvalue weighted by Crippen LogP contribution is 2.15. The number of rotatable bonds is 5. The predicted octanol–water partition coefficient (Wildman–Crippen LogP) is 2.82. The van der Waals surface area contributed by atoms with Crippen molar-refractivity contribution in [3.8, 4) is 0 Å². The van der Waals surface area contributed by atoms with Crippen LogP contribution in [-0.4, -0.2) is 11.9 Å². The Hall–Kier alpha value is -1.65. The molecule has 0 saturated carbocycles. The molecule has 2 rings (SSSR count). The van der Waals surface area contributed by atoms with Gasteiger partial charge in [0.2, 0.25) is 0 Å². The summed E-state index contributed by atoms with van der Waals surface area (Å²) in [6.45, 7) is 3.75. The number of aryl methyl sites for hydroxylation is 1. The number of hydrogen-bond donors (Lipinski definition) is 1. The Morgan fingerprint density at radius 3 is 2.58 bits per heavy atom. The Labute approximate surface area is 112 Å². The maximum atomic E-state index is 13.4. The van der Waals surface area contributed by atoms with Crippen molar-refractivity contribution in [2.24, 2.45) is 5.73 Å². The summed E-state index contributed by atoms with van der Waals surface area (Å²) in [5.41, 5.74) is 8.46. The van der Waals surface area contributed by atoms with E-state index in [2.05, 4.69) is 4.90 Å². The van der Waals surface area contributed by atoms with Crippen LogP contribution in [0.15, 0.2) is 34.9 Å². The summed E-state index contributed by atoms with van der Waals surface area (Å²) in [6, 6.07) is 6.94. The van der Waals surface area contributed by atoms with Gasteiger partial charge in [0, 0.05) is 25.2 Å². The van der Waals surface area contributed by atoms with Crippen LogP contribution in [0.3, 0.4) is 0 Å². The third-order valence-corrected chi connectivity index (χ3v) is 3.11. The van der Waals surface area contributed by atoms with Gasteiger partial charge in [-0.2, -0.15) is 0 Å². The van der Waals surface area contributed by atoms with Gasteiger partial charge in [0.1, 0.15) is 11.6 Å². The molecule has 0 amide bonds. The van der Waals surface area contributed by atoms with Crippen molar-refractivity contribution in [3.05, 3.63) is 58.8 Å². The quantitative estimate of drug-likeness (QED) is 0.901. The number of halogens is 1. The van der Waals surface area contributed by atoms with Crippen molar-refractivity contribution in [2.75, 3.05) is 7.05 Å². The molecular formula is C15H19FN2O. The molecule has 0 aliphatic heterocycles. The van der Waals surface area contributed by atoms with Crippen LogP contribution >= 0.6 is 0 Å². The van der Waals surface area contributed by atoms with E-state index >= 15 is 0 Å². The summed E-state index contributed by atoms with van der Waals surface area (Å²) >= 11 is 0. The monoisotopic (exact) mass is 262 g/mol. The lowest BCUT2D eigenvalue weighted by atomic mass is 10.1. The zero-order valence-corrected chi connectivity index (χ0v) is 11.3. The second-order valence-corrected chi connectivity index (χ2v) is 4.85. The summed E-state index contributed by atoms with van der Waals surface area (Å²) in [7, 11) is 2.00. The molecule has 0 aliphatic rings. The number of hydrogen-bond acceptors (Lipinski definition) is 3. The topological polar surface area (TPSA) is 42.4 Å². The molecule has 2 N–H and O–H groups in total. The largest absolute Gasteiger partial charge is 0.469 e. The smallest absolute Gasteiger partial charge is 0.123 e. The zero-order chi connectivity index (χ0) is 13.8. The molecule has 0 spiro atoms. The Bertz CT molecular complexity index is 551. The lowest BCUT2D eigenvalue weighted by Crippen LogP contribution is -2.17. The maximum Gasteiger partial charge on any atom is 0.123 e. The molecule has 0 radical (unpaired) electrons. The van der Waals surface area contributed by atoms with Gasteiger partial charge in [-0.25, -0.2) is 4.39 Å². The number of nitrogens with zero attached hydrogens (tertiary/aromatic N) is 1. The van der Waals surface area contributed by atoms with Crippen LogP contribution in [0.2, 0.25) is 0 Å². The van der Waals surface area contributed by atoms with E-state index in [1.54, 1.807) is 12.3 Å². The summed E-state index contributed by atoms with van der Waals surface area (Å²) in [4.78, 5) is 2.12. The minimum atomic E-state index is -0.231. The third-order valence-electron chi connectivity index (χ3n) is 3.11. The Balaban J connectivity index is 2.04. The number of benzene rings is 1. The van der Waals surface area contributed by atoms with E-state index in [0.29, 0.717) is 13.1 Å². The standard InChI is InChI=1S/C15H19FN2O/c1-11-14(3-4-19-11)10-18(2)9-13-5-12(8-17)6-15(16)7-13/h3-7H,8-10,17H2,1-2H3. The highest BCUT2D eigenvalue weighted by atomic mass is 19.1. The average molecular weight is 262 g/mol. The van der Waals surface area contributed by atoms with Crippen LogP contribution in [0.1, 0.15) is 22.5 Å². The SMILES string of the molecule is Cc1occc1CN(C)Cc1cc(F)cc(CN)c1. The normalized spacial score (nSPS) is 11.2. The molecule has 0 fully saturated rings. The molecule has 1 heterocycles. The minimum absolute atomic E-state index is 0.231. The first kappa shape index (κ1) is 13.8. The van der Waals surface area contributed by atoms with Gasteiger partial charge in [0.05, 0.1) is 6.26 Å². The zero-order valence-electron chi connectivity index (χ0n) is 11.3. The fraction of sp³-hybridized carbons (Fsp3) is 0.333. The van der Waals surface area contributed by atoms with Crippen molar-refractivity contribution in [1.29, 1.82) is 0 Å². The fourth-order valence-electron chi connectivity index (χ4n) is 2.16. The third kappa shape index (κ3) is 3.66. The lowest BCUT2D eigenvalue weighted by molar-refractivity contribution is 0.316. The van der Waals surface area contributed by atoms with Gasteiger partial charge < -0.3 is 10.2 Å². The van der Waals surface area contributed by atoms with E-state index in [1.165, 1.54) is 6.07 Å². The van der Waals surface area contributed by atoms with Crippen molar-refractivity contribution in [1.82, 2.24) is 4.90 Å². The first-order valence-corrected chi connectivity index (χ1v) is 6.28. The molecule has 0 aliphatic carbocycles. The van der Waals surface area contributed by atoms with Gasteiger partial charge in [-0.15, -0.1) is 0 Å². The highest BCUT2D eigenvalue weighted by molar-refractivity contribution is 5.25. The molecule has 19 heavy (non-hydrogen) atoms. The van der Waals surface area contributed by atoms with Crippen LogP contribution in [0, 0.1) is 12.7 Å². The summed E-state index contributed by atoms with van der Waals surface area (Å²) in [5.74, 6) is 0.694. The molecule has 1 aromatic carbocycles. The van der Waals surface area contributed by atoms with Crippen LogP contribution in [0.4, 0.5) is 4.39 Å². The van der Waals surface area contributed by atoms with Gasteiger partial charge >= 0.3 is 0 Å². The summed E-state index contributed by atoms with van der Waals surface area (Å²) in [6.07, 6.45) is 1.69. The average Bonchev–Trinajstić information content (AvgIpc) is 2.74. The highest BCUT2D eigenvalue weighted by Gasteiger charge is 2.07. The molecule has 102 valence electrons. The van der Waals surface area contributed by atoms with Crippen LogP contribution in [0.25, 0.3) is 0 Å². The second kappa shape index (κ2) is 5.99. The molecule has 1 aromatic heterocycles. The van der Waals surface area contributed by atoms with Gasteiger partial charge in [-0.05, 0) is 43.3 Å². The molecule has 0 unspecified atom stereocenters. The van der Waals surface area contributed by atoms with E-state index in [1.807, 2.05) is 26.1 Å². The lowest BCUT2D eigenvalue weighted by Gasteiger charge is -2.17. The van der Waals surface area contributed by atoms with E-state index in [-0.39, 0.29) is 5.82 Å². The minimum Gasteiger partial charge on any atom is -0.469 e. The summed E-state index contributed by atoms with van der Waals surface area (Å²) in [5, 5.41) is 0. The number of furan rings is 1. The molecule has 0 atom stereocenters. The number of nitrogens with two attached hydrogens (primary N) is 1. The van der Waals surface area contributed by atoms with Crippen LogP contribution < -0.4 is 5.73 Å². The van der Waals surface area contributed by atoms with Gasteiger partial charge in [0.15, 0.2) is 0 Å². The maximum absolute atomic E-state index is 13.4. The van der Waals surface area contributed by atoms with Crippen molar-refractivity contribution >= 4 is 0 Å². The molecule has 4 heteroatoms. The molecule has 0 saturated heterocycles. The predicted molar refractivity (Wildman–Crippen MR) is 72.9 cm³/mol. The van der Waals surface area contributed by atoms with E-state index < -0.39 is 0 Å². The molecular weight excluding hydrogens is 243 g/mol. The Morgan fingerprint density at radius 2 is 1.95 bits per heavy atom. The Morgan fingerprint density at radius 1 is 1.21 bits per heavy atom.